The second kappa shape index (κ2) is 7.94. The van der Waals surface area contributed by atoms with Crippen LogP contribution in [0.3, 0.4) is 0 Å². The smallest absolute Gasteiger partial charge is 0.261 e. The molecule has 0 unspecified atom stereocenters. The fraction of sp³-hybridized carbons (Fsp3) is 0.286. The van der Waals surface area contributed by atoms with Crippen molar-refractivity contribution in [3.05, 3.63) is 68.2 Å². The first-order valence-electron chi connectivity index (χ1n) is 9.33. The third kappa shape index (κ3) is 3.77. The Balaban J connectivity index is 1.69. The van der Waals surface area contributed by atoms with Crippen molar-refractivity contribution in [3.8, 4) is 0 Å². The highest BCUT2D eigenvalue weighted by Crippen LogP contribution is 2.26. The Hall–Kier alpha value is -2.37. The number of nitrogens with one attached hydrogen (secondary N) is 1. The van der Waals surface area contributed by atoms with E-state index in [1.165, 1.54) is 0 Å². The van der Waals surface area contributed by atoms with Gasteiger partial charge in [-0.25, -0.2) is 4.98 Å². The minimum atomic E-state index is -0.320. The molecule has 0 fully saturated rings. The zero-order valence-corrected chi connectivity index (χ0v) is 16.7. The molecular weight excluding hydrogens is 397 g/mol. The van der Waals surface area contributed by atoms with Gasteiger partial charge in [-0.05, 0) is 49.2 Å². The maximum atomic E-state index is 12.9. The van der Waals surface area contributed by atoms with Crippen LogP contribution < -0.4 is 10.9 Å². The van der Waals surface area contributed by atoms with Crippen molar-refractivity contribution in [1.82, 2.24) is 9.55 Å². The highest BCUT2D eigenvalue weighted by Gasteiger charge is 2.15. The quantitative estimate of drug-likeness (QED) is 0.634. The van der Waals surface area contributed by atoms with Gasteiger partial charge in [0.2, 0.25) is 0 Å². The Morgan fingerprint density at radius 3 is 2.68 bits per heavy atom. The number of hydrogen-bond donors (Lipinski definition) is 1. The molecule has 1 aliphatic rings. The number of rotatable bonds is 2. The number of anilines is 1. The van der Waals surface area contributed by atoms with Crippen LogP contribution in [0.15, 0.2) is 41.2 Å². The Kier molecular flexibility index (Phi) is 5.38. The summed E-state index contributed by atoms with van der Waals surface area (Å²) in [6.45, 7) is 0.703. The molecule has 2 aromatic carbocycles. The molecule has 0 atom stereocenters. The van der Waals surface area contributed by atoms with Crippen molar-refractivity contribution in [1.29, 1.82) is 0 Å². The molecule has 1 aromatic heterocycles. The first kappa shape index (κ1) is 19.0. The zero-order valence-electron chi connectivity index (χ0n) is 15.2. The van der Waals surface area contributed by atoms with Crippen LogP contribution in [0.1, 0.15) is 41.9 Å². The summed E-state index contributed by atoms with van der Waals surface area (Å²) in [6, 6.07) is 9.85. The maximum Gasteiger partial charge on any atom is 0.261 e. The van der Waals surface area contributed by atoms with Gasteiger partial charge in [-0.3, -0.25) is 14.2 Å². The van der Waals surface area contributed by atoms with Crippen LogP contribution in [0.25, 0.3) is 10.9 Å². The van der Waals surface area contributed by atoms with E-state index in [0.29, 0.717) is 38.7 Å². The lowest BCUT2D eigenvalue weighted by Crippen LogP contribution is -2.26. The van der Waals surface area contributed by atoms with Crippen molar-refractivity contribution in [2.75, 3.05) is 5.32 Å². The molecule has 0 aliphatic carbocycles. The van der Waals surface area contributed by atoms with E-state index in [0.717, 1.165) is 37.9 Å². The Labute approximate surface area is 172 Å². The first-order valence-corrected chi connectivity index (χ1v) is 10.1. The SMILES string of the molecule is O=C(Nc1ccc(Cl)cc1Cl)c1ccc2c(=O)n3c(nc2c1)CCCCCC3. The van der Waals surface area contributed by atoms with Crippen molar-refractivity contribution in [2.24, 2.45) is 0 Å². The molecule has 7 heteroatoms. The van der Waals surface area contributed by atoms with Crippen molar-refractivity contribution in [3.63, 3.8) is 0 Å². The molecule has 0 saturated carbocycles. The number of carbonyl (C=O) groups excluding carboxylic acids is 1. The summed E-state index contributed by atoms with van der Waals surface area (Å²) in [6.07, 6.45) is 5.08. The summed E-state index contributed by atoms with van der Waals surface area (Å²) in [5.74, 6) is 0.482. The molecule has 1 N–H and O–H groups in total. The summed E-state index contributed by atoms with van der Waals surface area (Å²) in [4.78, 5) is 30.2. The first-order chi connectivity index (χ1) is 13.5. The van der Waals surface area contributed by atoms with Crippen LogP contribution in [-0.2, 0) is 13.0 Å². The molecule has 5 nitrogen and oxygen atoms in total. The number of carbonyl (C=O) groups is 1. The minimum Gasteiger partial charge on any atom is -0.321 e. The number of halogens is 2. The summed E-state index contributed by atoms with van der Waals surface area (Å²) < 4.78 is 1.79. The topological polar surface area (TPSA) is 64.0 Å². The lowest BCUT2D eigenvalue weighted by molar-refractivity contribution is 0.102. The number of aromatic nitrogens is 2. The highest BCUT2D eigenvalue weighted by molar-refractivity contribution is 6.36. The Morgan fingerprint density at radius 1 is 1.04 bits per heavy atom. The normalized spacial score (nSPS) is 14.2. The third-order valence-electron chi connectivity index (χ3n) is 5.01. The average molecular weight is 416 g/mol. The van der Waals surface area contributed by atoms with Crippen LogP contribution >= 0.6 is 23.2 Å². The number of benzene rings is 2. The molecule has 2 heterocycles. The zero-order chi connectivity index (χ0) is 19.7. The number of hydrogen-bond acceptors (Lipinski definition) is 3. The van der Waals surface area contributed by atoms with Crippen molar-refractivity contribution >= 4 is 45.7 Å². The summed E-state index contributed by atoms with van der Waals surface area (Å²) >= 11 is 12.0. The van der Waals surface area contributed by atoms with E-state index in [9.17, 15) is 9.59 Å². The second-order valence-corrected chi connectivity index (χ2v) is 7.80. The summed E-state index contributed by atoms with van der Waals surface area (Å²) in [5.41, 5.74) is 1.41. The van der Waals surface area contributed by atoms with Gasteiger partial charge in [-0.1, -0.05) is 36.0 Å². The number of fused-ring (bicyclic) bond motifs is 2. The van der Waals surface area contributed by atoms with Gasteiger partial charge < -0.3 is 5.32 Å². The predicted octanol–water partition coefficient (Wildman–Crippen LogP) is 5.07. The minimum absolute atomic E-state index is 0.0328. The van der Waals surface area contributed by atoms with Crippen molar-refractivity contribution < 1.29 is 4.79 Å². The van der Waals surface area contributed by atoms with E-state index in [1.54, 1.807) is 41.0 Å². The highest BCUT2D eigenvalue weighted by atomic mass is 35.5. The molecule has 3 aromatic rings. The summed E-state index contributed by atoms with van der Waals surface area (Å²) in [7, 11) is 0. The van der Waals surface area contributed by atoms with Gasteiger partial charge in [0.25, 0.3) is 11.5 Å². The van der Waals surface area contributed by atoms with Crippen LogP contribution in [0, 0.1) is 0 Å². The van der Waals surface area contributed by atoms with Gasteiger partial charge in [0, 0.05) is 23.6 Å². The molecule has 0 spiro atoms. The molecular formula is C21H19Cl2N3O2. The average Bonchev–Trinajstić information content (AvgIpc) is 2.65. The second-order valence-electron chi connectivity index (χ2n) is 6.96. The van der Waals surface area contributed by atoms with E-state index in [-0.39, 0.29) is 11.5 Å². The molecule has 1 aliphatic heterocycles. The maximum absolute atomic E-state index is 12.9. The lowest BCUT2D eigenvalue weighted by Gasteiger charge is -2.16. The monoisotopic (exact) mass is 415 g/mol. The van der Waals surface area contributed by atoms with Gasteiger partial charge >= 0.3 is 0 Å². The Bertz CT molecular complexity index is 1120. The van der Waals surface area contributed by atoms with E-state index in [2.05, 4.69) is 5.32 Å². The standard InChI is InChI=1S/C21H19Cl2N3O2/c22-14-7-9-17(16(23)12-14)25-20(27)13-6-8-15-18(11-13)24-19-5-3-1-2-4-10-26(19)21(15)28/h6-9,11-12H,1-5,10H2,(H,25,27). The molecule has 4 rings (SSSR count). The number of nitrogens with zero attached hydrogens (tertiary/aromatic N) is 2. The van der Waals surface area contributed by atoms with E-state index in [1.807, 2.05) is 0 Å². The number of amides is 1. The molecule has 28 heavy (non-hydrogen) atoms. The van der Waals surface area contributed by atoms with Gasteiger partial charge in [-0.2, -0.15) is 0 Å². The van der Waals surface area contributed by atoms with E-state index < -0.39 is 0 Å². The van der Waals surface area contributed by atoms with Gasteiger partial charge in [0.05, 0.1) is 21.6 Å². The molecule has 0 radical (unpaired) electrons. The lowest BCUT2D eigenvalue weighted by atomic mass is 10.1. The predicted molar refractivity (Wildman–Crippen MR) is 113 cm³/mol. The molecule has 0 saturated heterocycles. The largest absolute Gasteiger partial charge is 0.321 e. The van der Waals surface area contributed by atoms with Crippen molar-refractivity contribution in [2.45, 2.75) is 38.6 Å². The molecule has 1 amide bonds. The van der Waals surface area contributed by atoms with Crippen LogP contribution in [0.5, 0.6) is 0 Å². The van der Waals surface area contributed by atoms with Crippen LogP contribution in [0.4, 0.5) is 5.69 Å². The van der Waals surface area contributed by atoms with Gasteiger partial charge in [-0.15, -0.1) is 0 Å². The van der Waals surface area contributed by atoms with Crippen LogP contribution in [-0.4, -0.2) is 15.5 Å². The van der Waals surface area contributed by atoms with Gasteiger partial charge in [0.15, 0.2) is 0 Å². The summed E-state index contributed by atoms with van der Waals surface area (Å²) in [5, 5.41) is 4.16. The van der Waals surface area contributed by atoms with Crippen LogP contribution in [0.2, 0.25) is 10.0 Å². The molecule has 0 bridgehead atoms. The Morgan fingerprint density at radius 2 is 1.86 bits per heavy atom. The number of aryl methyl sites for hydroxylation is 1. The van der Waals surface area contributed by atoms with E-state index in [4.69, 9.17) is 28.2 Å². The fourth-order valence-electron chi connectivity index (χ4n) is 3.52. The van der Waals surface area contributed by atoms with Gasteiger partial charge in [0.1, 0.15) is 5.82 Å². The van der Waals surface area contributed by atoms with E-state index >= 15 is 0 Å². The molecule has 144 valence electrons. The third-order valence-corrected chi connectivity index (χ3v) is 5.56. The fourth-order valence-corrected chi connectivity index (χ4v) is 3.98.